The number of rotatable bonds is 4. The Morgan fingerprint density at radius 3 is 2.91 bits per heavy atom. The van der Waals surface area contributed by atoms with Crippen LogP contribution in [0.4, 0.5) is 11.5 Å². The maximum atomic E-state index is 13.5. The third kappa shape index (κ3) is 3.85. The molecule has 5 rings (SSSR count). The zero-order valence-electron chi connectivity index (χ0n) is 19.1. The number of aromatic nitrogens is 4. The summed E-state index contributed by atoms with van der Waals surface area (Å²) in [7, 11) is 0. The molecule has 2 aliphatic rings. The maximum absolute atomic E-state index is 13.5. The third-order valence-electron chi connectivity index (χ3n) is 6.84. The molecule has 2 aliphatic heterocycles. The van der Waals surface area contributed by atoms with E-state index in [4.69, 9.17) is 4.98 Å². The van der Waals surface area contributed by atoms with Crippen LogP contribution in [0.2, 0.25) is 0 Å². The number of nitrogens with zero attached hydrogens (tertiary/aromatic N) is 6. The first-order valence-corrected chi connectivity index (χ1v) is 12.0. The maximum Gasteiger partial charge on any atom is 0.231 e. The molecule has 0 bridgehead atoms. The molecule has 32 heavy (non-hydrogen) atoms. The number of benzene rings is 1. The lowest BCUT2D eigenvalue weighted by molar-refractivity contribution is -0.122. The highest BCUT2D eigenvalue weighted by molar-refractivity contribution is 5.95. The van der Waals surface area contributed by atoms with Gasteiger partial charge in [0.2, 0.25) is 5.91 Å². The average Bonchev–Trinajstić information content (AvgIpc) is 3.00. The summed E-state index contributed by atoms with van der Waals surface area (Å²) >= 11 is 0. The predicted octanol–water partition coefficient (Wildman–Crippen LogP) is 4.13. The van der Waals surface area contributed by atoms with Gasteiger partial charge in [0.05, 0.1) is 5.92 Å². The number of amides is 1. The van der Waals surface area contributed by atoms with Crippen LogP contribution in [0.1, 0.15) is 50.4 Å². The Morgan fingerprint density at radius 1 is 1.16 bits per heavy atom. The molecule has 1 atom stereocenters. The lowest BCUT2D eigenvalue weighted by Gasteiger charge is -2.35. The van der Waals surface area contributed by atoms with Gasteiger partial charge < -0.3 is 14.4 Å². The number of fused-ring (bicyclic) bond motifs is 3. The van der Waals surface area contributed by atoms with Crippen LogP contribution in [0.5, 0.6) is 0 Å². The molecular weight excluding hydrogens is 400 g/mol. The zero-order valence-corrected chi connectivity index (χ0v) is 19.1. The smallest absolute Gasteiger partial charge is 0.231 e. The van der Waals surface area contributed by atoms with Crippen molar-refractivity contribution in [2.45, 2.75) is 58.9 Å². The van der Waals surface area contributed by atoms with Crippen LogP contribution < -0.4 is 9.80 Å². The van der Waals surface area contributed by atoms with E-state index in [0.29, 0.717) is 13.1 Å². The van der Waals surface area contributed by atoms with Crippen molar-refractivity contribution < 1.29 is 4.79 Å². The van der Waals surface area contributed by atoms with Gasteiger partial charge in [-0.1, -0.05) is 18.6 Å². The normalized spacial score (nSPS) is 18.9. The molecule has 0 unspecified atom stereocenters. The van der Waals surface area contributed by atoms with Gasteiger partial charge in [-0.15, -0.1) is 0 Å². The van der Waals surface area contributed by atoms with Crippen molar-refractivity contribution >= 4 is 28.6 Å². The van der Waals surface area contributed by atoms with E-state index in [0.717, 1.165) is 60.8 Å². The van der Waals surface area contributed by atoms with E-state index in [1.54, 1.807) is 6.33 Å². The highest BCUT2D eigenvalue weighted by Gasteiger charge is 2.31. The van der Waals surface area contributed by atoms with Crippen LogP contribution in [-0.2, 0) is 17.8 Å². The largest absolute Gasteiger partial charge is 0.354 e. The van der Waals surface area contributed by atoms with Gasteiger partial charge in [0, 0.05) is 38.3 Å². The Morgan fingerprint density at radius 2 is 2.06 bits per heavy atom. The summed E-state index contributed by atoms with van der Waals surface area (Å²) in [6.45, 7) is 7.34. The fourth-order valence-corrected chi connectivity index (χ4v) is 5.21. The second-order valence-corrected chi connectivity index (χ2v) is 9.07. The monoisotopic (exact) mass is 432 g/mol. The summed E-state index contributed by atoms with van der Waals surface area (Å²) in [5.74, 6) is 2.16. The van der Waals surface area contributed by atoms with Gasteiger partial charge in [-0.2, -0.15) is 0 Å². The van der Waals surface area contributed by atoms with Crippen LogP contribution in [0.15, 0.2) is 30.6 Å². The lowest BCUT2D eigenvalue weighted by atomic mass is 9.96. The molecule has 1 fully saturated rings. The molecule has 1 saturated heterocycles. The predicted molar refractivity (Wildman–Crippen MR) is 127 cm³/mol. The fraction of sp³-hybridized carbons (Fsp3) is 0.520. The van der Waals surface area contributed by atoms with Gasteiger partial charge >= 0.3 is 0 Å². The van der Waals surface area contributed by atoms with Crippen molar-refractivity contribution in [2.24, 2.45) is 5.92 Å². The first-order chi connectivity index (χ1) is 15.7. The molecule has 0 saturated carbocycles. The molecule has 168 valence electrons. The molecule has 7 heteroatoms. The molecule has 0 spiro atoms. The molecule has 1 amide bonds. The van der Waals surface area contributed by atoms with E-state index in [1.165, 1.54) is 24.8 Å². The number of aryl methyl sites for hydroxylation is 3. The highest BCUT2D eigenvalue weighted by atomic mass is 16.2. The summed E-state index contributed by atoms with van der Waals surface area (Å²) < 4.78 is 2.27. The third-order valence-corrected chi connectivity index (χ3v) is 6.84. The molecule has 0 aliphatic carbocycles. The molecule has 1 aromatic carbocycles. The Balaban J connectivity index is 1.41. The summed E-state index contributed by atoms with van der Waals surface area (Å²) in [4.78, 5) is 31.9. The Kier molecular flexibility index (Phi) is 5.81. The highest BCUT2D eigenvalue weighted by Crippen LogP contribution is 2.30. The Bertz CT molecular complexity index is 1120. The van der Waals surface area contributed by atoms with Crippen LogP contribution in [0.3, 0.4) is 0 Å². The van der Waals surface area contributed by atoms with Gasteiger partial charge in [-0.3, -0.25) is 4.79 Å². The first-order valence-electron chi connectivity index (χ1n) is 12.0. The summed E-state index contributed by atoms with van der Waals surface area (Å²) in [6.07, 6.45) is 8.13. The SMILES string of the molecule is CCN(C(=O)[C@@H]1CCCN(c2ncnc3c2nc2n3CCCCC2)C1)c1cccc(C)c1. The fourth-order valence-electron chi connectivity index (χ4n) is 5.21. The van der Waals surface area contributed by atoms with Crippen LogP contribution >= 0.6 is 0 Å². The van der Waals surface area contributed by atoms with Gasteiger partial charge in [0.1, 0.15) is 12.2 Å². The summed E-state index contributed by atoms with van der Waals surface area (Å²) in [6, 6.07) is 8.21. The number of hydrogen-bond acceptors (Lipinski definition) is 5. The van der Waals surface area contributed by atoms with Crippen molar-refractivity contribution in [2.75, 3.05) is 29.4 Å². The van der Waals surface area contributed by atoms with Crippen LogP contribution in [0.25, 0.3) is 11.2 Å². The van der Waals surface area contributed by atoms with Crippen molar-refractivity contribution in [1.82, 2.24) is 19.5 Å². The lowest BCUT2D eigenvalue weighted by Crippen LogP contribution is -2.45. The molecule has 0 N–H and O–H groups in total. The molecule has 7 nitrogen and oxygen atoms in total. The van der Waals surface area contributed by atoms with Gasteiger partial charge in [0.25, 0.3) is 0 Å². The second kappa shape index (κ2) is 8.88. The number of piperidine rings is 1. The van der Waals surface area contributed by atoms with E-state index in [2.05, 4.69) is 38.5 Å². The molecule has 2 aromatic heterocycles. The van der Waals surface area contributed by atoms with Crippen molar-refractivity contribution in [3.63, 3.8) is 0 Å². The molecule has 4 heterocycles. The number of carbonyl (C=O) groups is 1. The van der Waals surface area contributed by atoms with E-state index in [-0.39, 0.29) is 11.8 Å². The quantitative estimate of drug-likeness (QED) is 0.620. The van der Waals surface area contributed by atoms with Crippen LogP contribution in [-0.4, -0.2) is 45.1 Å². The molecule has 0 radical (unpaired) electrons. The zero-order chi connectivity index (χ0) is 22.1. The van der Waals surface area contributed by atoms with Gasteiger partial charge in [0.15, 0.2) is 17.0 Å². The van der Waals surface area contributed by atoms with E-state index < -0.39 is 0 Å². The Labute approximate surface area is 189 Å². The van der Waals surface area contributed by atoms with Crippen LogP contribution in [0, 0.1) is 12.8 Å². The minimum absolute atomic E-state index is 0.0466. The number of carbonyl (C=O) groups excluding carboxylic acids is 1. The second-order valence-electron chi connectivity index (χ2n) is 9.07. The van der Waals surface area contributed by atoms with E-state index in [9.17, 15) is 4.79 Å². The topological polar surface area (TPSA) is 67.2 Å². The minimum atomic E-state index is -0.0466. The minimum Gasteiger partial charge on any atom is -0.354 e. The standard InChI is InChI=1S/C25H32N6O/c1-3-30(20-11-7-9-18(2)15-20)25(32)19-10-8-13-29(16-19)23-22-24(27-17-26-23)31-14-6-4-5-12-21(31)28-22/h7,9,11,15,17,19H,3-6,8,10,12-14,16H2,1-2H3/t19-/m1/s1. The van der Waals surface area contributed by atoms with E-state index in [1.807, 2.05) is 24.0 Å². The summed E-state index contributed by atoms with van der Waals surface area (Å²) in [5.41, 5.74) is 3.98. The number of anilines is 2. The summed E-state index contributed by atoms with van der Waals surface area (Å²) in [5, 5.41) is 0. The number of hydrogen-bond donors (Lipinski definition) is 0. The van der Waals surface area contributed by atoms with Crippen molar-refractivity contribution in [3.8, 4) is 0 Å². The first kappa shape index (κ1) is 20.9. The average molecular weight is 433 g/mol. The Hall–Kier alpha value is -2.96. The molecule has 3 aromatic rings. The molecular formula is C25H32N6O. The van der Waals surface area contributed by atoms with Crippen molar-refractivity contribution in [3.05, 3.63) is 42.0 Å². The van der Waals surface area contributed by atoms with Crippen molar-refractivity contribution in [1.29, 1.82) is 0 Å². The van der Waals surface area contributed by atoms with Gasteiger partial charge in [-0.05, 0) is 57.2 Å². The number of imidazole rings is 1. The van der Waals surface area contributed by atoms with E-state index >= 15 is 0 Å². The van der Waals surface area contributed by atoms with Gasteiger partial charge in [-0.25, -0.2) is 15.0 Å².